The second kappa shape index (κ2) is 9.51. The molecule has 13 heteroatoms. The van der Waals surface area contributed by atoms with Gasteiger partial charge in [-0.05, 0) is 24.3 Å². The number of β-amino-alcohol motifs (C(OH)–C–C–N with tert-alkyl or cyclic N) is 1. The maximum atomic E-state index is 14.8. The quantitative estimate of drug-likeness (QED) is 0.403. The van der Waals surface area contributed by atoms with Gasteiger partial charge in [-0.3, -0.25) is 23.9 Å². The van der Waals surface area contributed by atoms with Crippen molar-refractivity contribution < 1.29 is 23.5 Å². The first kappa shape index (κ1) is 24.8. The Morgan fingerprint density at radius 3 is 2.51 bits per heavy atom. The molecule has 0 spiro atoms. The SMILES string of the molecule is O=C(Nc1c(Cl)cccc1Cl)c1cn(-c2ncc(F)cc2F)c2nc(N3C[C@@H](O)CC3=O)ccc2c1=O. The first-order valence-corrected chi connectivity index (χ1v) is 11.5. The lowest BCUT2D eigenvalue weighted by Gasteiger charge is -2.18. The molecule has 1 aliphatic rings. The van der Waals surface area contributed by atoms with E-state index >= 15 is 0 Å². The molecule has 5 rings (SSSR count). The number of pyridine rings is 3. The van der Waals surface area contributed by atoms with E-state index in [1.165, 1.54) is 29.2 Å². The van der Waals surface area contributed by atoms with Gasteiger partial charge in [0.1, 0.15) is 17.2 Å². The molecule has 4 heterocycles. The van der Waals surface area contributed by atoms with Gasteiger partial charge < -0.3 is 10.4 Å². The summed E-state index contributed by atoms with van der Waals surface area (Å²) >= 11 is 12.2. The zero-order valence-electron chi connectivity index (χ0n) is 18.6. The Morgan fingerprint density at radius 2 is 1.86 bits per heavy atom. The number of hydrogen-bond donors (Lipinski definition) is 2. The molecule has 0 aliphatic carbocycles. The van der Waals surface area contributed by atoms with Crippen LogP contribution in [0.5, 0.6) is 0 Å². The topological polar surface area (TPSA) is 117 Å². The van der Waals surface area contributed by atoms with Gasteiger partial charge in [-0.2, -0.15) is 0 Å². The van der Waals surface area contributed by atoms with Crippen LogP contribution >= 0.6 is 23.2 Å². The zero-order valence-corrected chi connectivity index (χ0v) is 20.1. The number of halogens is 4. The third-order valence-electron chi connectivity index (χ3n) is 5.68. The fraction of sp³-hybridized carbons (Fsp3) is 0.125. The molecule has 0 unspecified atom stereocenters. The van der Waals surface area contributed by atoms with Gasteiger partial charge in [0.2, 0.25) is 11.3 Å². The summed E-state index contributed by atoms with van der Waals surface area (Å²) in [6.07, 6.45) is 0.761. The van der Waals surface area contributed by atoms with E-state index in [2.05, 4.69) is 15.3 Å². The number of benzene rings is 1. The molecule has 1 atom stereocenters. The highest BCUT2D eigenvalue weighted by atomic mass is 35.5. The summed E-state index contributed by atoms with van der Waals surface area (Å²) in [5, 5.41) is 12.4. The number of nitrogens with one attached hydrogen (secondary N) is 1. The summed E-state index contributed by atoms with van der Waals surface area (Å²) < 4.78 is 29.4. The van der Waals surface area contributed by atoms with E-state index in [1.807, 2.05) is 0 Å². The zero-order chi connectivity index (χ0) is 26.4. The molecule has 0 bridgehead atoms. The van der Waals surface area contributed by atoms with E-state index in [0.29, 0.717) is 6.07 Å². The molecule has 2 N–H and O–H groups in total. The lowest BCUT2D eigenvalue weighted by Crippen LogP contribution is -2.28. The Bertz CT molecular complexity index is 1640. The van der Waals surface area contributed by atoms with Crippen molar-refractivity contribution in [2.24, 2.45) is 0 Å². The van der Waals surface area contributed by atoms with Crippen LogP contribution in [0.15, 0.2) is 53.6 Å². The minimum absolute atomic E-state index is 0.0240. The molecule has 1 aromatic carbocycles. The smallest absolute Gasteiger partial charge is 0.261 e. The molecule has 37 heavy (non-hydrogen) atoms. The highest BCUT2D eigenvalue weighted by molar-refractivity contribution is 6.40. The van der Waals surface area contributed by atoms with Crippen LogP contribution in [0.1, 0.15) is 16.8 Å². The number of fused-ring (bicyclic) bond motifs is 1. The summed E-state index contributed by atoms with van der Waals surface area (Å²) in [5.41, 5.74) is -1.29. The summed E-state index contributed by atoms with van der Waals surface area (Å²) in [7, 11) is 0. The Morgan fingerprint density at radius 1 is 1.14 bits per heavy atom. The van der Waals surface area contributed by atoms with Gasteiger partial charge in [-0.15, -0.1) is 0 Å². The Hall–Kier alpha value is -3.93. The minimum Gasteiger partial charge on any atom is -0.391 e. The van der Waals surface area contributed by atoms with Crippen molar-refractivity contribution in [1.29, 1.82) is 0 Å². The largest absolute Gasteiger partial charge is 0.391 e. The lowest BCUT2D eigenvalue weighted by molar-refractivity contribution is -0.117. The van der Waals surface area contributed by atoms with Gasteiger partial charge >= 0.3 is 0 Å². The standard InChI is InChI=1S/C24H15Cl2F2N5O4/c25-15-2-1-3-16(26)20(15)31-24(37)14-10-33(23-17(28)6-11(27)8-29-23)22-13(21(14)36)4-5-18(30-22)32-9-12(34)7-19(32)35/h1-6,8,10,12,34H,7,9H2,(H,31,37)/t12-/m0/s1. The summed E-state index contributed by atoms with van der Waals surface area (Å²) in [4.78, 5) is 48.1. The average Bonchev–Trinajstić information content (AvgIpc) is 3.19. The molecule has 2 amide bonds. The van der Waals surface area contributed by atoms with Crippen molar-refractivity contribution in [3.8, 4) is 5.82 Å². The lowest BCUT2D eigenvalue weighted by atomic mass is 10.1. The molecule has 1 saturated heterocycles. The van der Waals surface area contributed by atoms with Crippen LogP contribution in [0.2, 0.25) is 10.0 Å². The predicted octanol–water partition coefficient (Wildman–Crippen LogP) is 3.72. The Kier molecular flexibility index (Phi) is 6.36. The van der Waals surface area contributed by atoms with Gasteiger partial charge in [0.15, 0.2) is 17.3 Å². The number of nitrogens with zero attached hydrogens (tertiary/aromatic N) is 4. The maximum absolute atomic E-state index is 14.8. The van der Waals surface area contributed by atoms with Gasteiger partial charge in [0.25, 0.3) is 5.91 Å². The normalized spacial score (nSPS) is 15.4. The van der Waals surface area contributed by atoms with Crippen molar-refractivity contribution in [3.05, 3.63) is 86.3 Å². The molecular formula is C24H15Cl2F2N5O4. The van der Waals surface area contributed by atoms with Crippen LogP contribution < -0.4 is 15.6 Å². The van der Waals surface area contributed by atoms with Crippen LogP contribution in [-0.2, 0) is 4.79 Å². The van der Waals surface area contributed by atoms with Gasteiger partial charge in [-0.1, -0.05) is 29.3 Å². The van der Waals surface area contributed by atoms with E-state index in [-0.39, 0.29) is 45.5 Å². The number of amides is 2. The Balaban J connectivity index is 1.71. The number of carbonyl (C=O) groups excluding carboxylic acids is 2. The number of hydrogen-bond acceptors (Lipinski definition) is 6. The summed E-state index contributed by atoms with van der Waals surface area (Å²) in [6.45, 7) is -0.0240. The van der Waals surface area contributed by atoms with Gasteiger partial charge in [0.05, 0.1) is 46.4 Å². The summed E-state index contributed by atoms with van der Waals surface area (Å²) in [5.74, 6) is -3.70. The third-order valence-corrected chi connectivity index (χ3v) is 6.31. The number of aromatic nitrogens is 3. The van der Waals surface area contributed by atoms with Crippen molar-refractivity contribution in [3.63, 3.8) is 0 Å². The van der Waals surface area contributed by atoms with Crippen molar-refractivity contribution in [2.75, 3.05) is 16.8 Å². The molecule has 3 aromatic heterocycles. The van der Waals surface area contributed by atoms with E-state index in [4.69, 9.17) is 23.2 Å². The van der Waals surface area contributed by atoms with E-state index in [0.717, 1.165) is 17.0 Å². The van der Waals surface area contributed by atoms with E-state index in [9.17, 15) is 28.3 Å². The molecular weight excluding hydrogens is 531 g/mol. The molecule has 4 aromatic rings. The highest BCUT2D eigenvalue weighted by Gasteiger charge is 2.31. The van der Waals surface area contributed by atoms with Crippen molar-refractivity contribution in [1.82, 2.24) is 14.5 Å². The van der Waals surface area contributed by atoms with Gasteiger partial charge in [0, 0.05) is 12.3 Å². The molecule has 9 nitrogen and oxygen atoms in total. The van der Waals surface area contributed by atoms with Gasteiger partial charge in [-0.25, -0.2) is 18.7 Å². The second-order valence-corrected chi connectivity index (χ2v) is 8.97. The minimum atomic E-state index is -1.09. The molecule has 1 fully saturated rings. The summed E-state index contributed by atoms with van der Waals surface area (Å²) in [6, 6.07) is 7.81. The maximum Gasteiger partial charge on any atom is 0.261 e. The fourth-order valence-electron chi connectivity index (χ4n) is 3.96. The number of rotatable bonds is 4. The van der Waals surface area contributed by atoms with Crippen LogP contribution in [0.3, 0.4) is 0 Å². The number of para-hydroxylation sites is 1. The highest BCUT2D eigenvalue weighted by Crippen LogP contribution is 2.30. The third kappa shape index (κ3) is 4.52. The van der Waals surface area contributed by atoms with Crippen molar-refractivity contribution >= 4 is 57.6 Å². The van der Waals surface area contributed by atoms with Crippen LogP contribution in [0, 0.1) is 11.6 Å². The fourth-order valence-corrected chi connectivity index (χ4v) is 4.45. The van der Waals surface area contributed by atoms with Crippen LogP contribution in [0.25, 0.3) is 16.9 Å². The van der Waals surface area contributed by atoms with Crippen LogP contribution in [-0.4, -0.2) is 44.1 Å². The Labute approximate surface area is 216 Å². The first-order valence-electron chi connectivity index (χ1n) is 10.8. The monoisotopic (exact) mass is 545 g/mol. The number of carbonyl (C=O) groups is 2. The second-order valence-electron chi connectivity index (χ2n) is 8.15. The van der Waals surface area contributed by atoms with E-state index in [1.54, 1.807) is 6.07 Å². The number of aliphatic hydroxyl groups is 1. The molecule has 0 radical (unpaired) electrons. The van der Waals surface area contributed by atoms with E-state index < -0.39 is 46.4 Å². The molecule has 188 valence electrons. The predicted molar refractivity (Wildman–Crippen MR) is 132 cm³/mol. The first-order chi connectivity index (χ1) is 17.6. The number of aliphatic hydroxyl groups excluding tert-OH is 1. The van der Waals surface area contributed by atoms with Crippen LogP contribution in [0.4, 0.5) is 20.3 Å². The molecule has 0 saturated carbocycles. The molecule has 1 aliphatic heterocycles. The number of anilines is 2. The van der Waals surface area contributed by atoms with Crippen molar-refractivity contribution in [2.45, 2.75) is 12.5 Å². The average molecular weight is 546 g/mol.